The number of hydrogen-bond acceptors (Lipinski definition) is 5. The van der Waals surface area contributed by atoms with Crippen molar-refractivity contribution < 1.29 is 31.5 Å². The Hall–Kier alpha value is -1.66. The van der Waals surface area contributed by atoms with Crippen LogP contribution in [0, 0.1) is 0 Å². The second-order valence-electron chi connectivity index (χ2n) is 7.66. The Labute approximate surface area is 168 Å². The second-order valence-corrected chi connectivity index (χ2v) is 9.56. The highest BCUT2D eigenvalue weighted by atomic mass is 32.2. The summed E-state index contributed by atoms with van der Waals surface area (Å²) < 4.78 is 59.8. The van der Waals surface area contributed by atoms with Crippen molar-refractivity contribution in [2.45, 2.75) is 50.4 Å². The first-order valence-electron chi connectivity index (χ1n) is 9.31. The van der Waals surface area contributed by atoms with Crippen molar-refractivity contribution in [3.05, 3.63) is 18.0 Å². The average Bonchev–Trinajstić information content (AvgIpc) is 2.99. The van der Waals surface area contributed by atoms with Gasteiger partial charge in [0.2, 0.25) is 10.0 Å². The Balaban J connectivity index is 0.000000370. The molecule has 2 saturated heterocycles. The van der Waals surface area contributed by atoms with Crippen LogP contribution in [0.2, 0.25) is 0 Å². The van der Waals surface area contributed by atoms with Crippen LogP contribution in [-0.2, 0) is 28.4 Å². The van der Waals surface area contributed by atoms with Crippen LogP contribution in [0.25, 0.3) is 0 Å². The number of aryl methyl sites for hydroxylation is 1. The summed E-state index contributed by atoms with van der Waals surface area (Å²) >= 11 is 0. The Morgan fingerprint density at radius 3 is 2.38 bits per heavy atom. The van der Waals surface area contributed by atoms with Crippen LogP contribution in [-0.4, -0.2) is 76.1 Å². The van der Waals surface area contributed by atoms with E-state index in [1.807, 2.05) is 24.1 Å². The van der Waals surface area contributed by atoms with E-state index in [0.29, 0.717) is 6.54 Å². The molecule has 0 aromatic carbocycles. The Bertz CT molecular complexity index is 808. The summed E-state index contributed by atoms with van der Waals surface area (Å²) in [6, 6.07) is 0. The van der Waals surface area contributed by atoms with Gasteiger partial charge in [-0.15, -0.1) is 0 Å². The summed E-state index contributed by atoms with van der Waals surface area (Å²) in [6.45, 7) is 3.41. The van der Waals surface area contributed by atoms with E-state index in [4.69, 9.17) is 9.90 Å². The standard InChI is InChI=1S/C15H26N4O2S.C2HF3O2/c1-17-11-14(10-16-17)12-18-8-5-7-15(13-18)6-3-4-9-19(15)22(2,20)21;3-2(4,5)1(6)7/h10-11H,3-9,12-13H2,1-2H3;(H,6,7). The lowest BCUT2D eigenvalue weighted by atomic mass is 9.81. The molecule has 0 saturated carbocycles. The number of carboxylic acid groups (broad SMARTS) is 1. The van der Waals surface area contributed by atoms with Gasteiger partial charge >= 0.3 is 12.1 Å². The lowest BCUT2D eigenvalue weighted by Gasteiger charge is -2.51. The largest absolute Gasteiger partial charge is 0.490 e. The molecule has 29 heavy (non-hydrogen) atoms. The summed E-state index contributed by atoms with van der Waals surface area (Å²) in [4.78, 5) is 11.3. The lowest BCUT2D eigenvalue weighted by molar-refractivity contribution is -0.192. The van der Waals surface area contributed by atoms with Crippen LogP contribution in [0.1, 0.15) is 37.7 Å². The van der Waals surface area contributed by atoms with Crippen molar-refractivity contribution >= 4 is 16.0 Å². The van der Waals surface area contributed by atoms with E-state index in [1.54, 1.807) is 4.31 Å². The van der Waals surface area contributed by atoms with E-state index >= 15 is 0 Å². The van der Waals surface area contributed by atoms with E-state index in [1.165, 1.54) is 11.8 Å². The Kier molecular flexibility index (Phi) is 7.33. The molecule has 1 aromatic heterocycles. The van der Waals surface area contributed by atoms with Gasteiger partial charge in [0.1, 0.15) is 0 Å². The maximum absolute atomic E-state index is 12.2. The van der Waals surface area contributed by atoms with E-state index in [9.17, 15) is 21.6 Å². The van der Waals surface area contributed by atoms with Gasteiger partial charge in [0.15, 0.2) is 0 Å². The minimum Gasteiger partial charge on any atom is -0.475 e. The molecule has 3 rings (SSSR count). The van der Waals surface area contributed by atoms with E-state index in [2.05, 4.69) is 10.00 Å². The first-order chi connectivity index (χ1) is 13.3. The van der Waals surface area contributed by atoms with Crippen molar-refractivity contribution in [2.75, 3.05) is 25.9 Å². The highest BCUT2D eigenvalue weighted by Gasteiger charge is 2.46. The topological polar surface area (TPSA) is 95.7 Å². The average molecular weight is 440 g/mol. The molecule has 1 N–H and O–H groups in total. The van der Waals surface area contributed by atoms with E-state index in [-0.39, 0.29) is 5.54 Å². The molecule has 1 atom stereocenters. The molecule has 2 fully saturated rings. The number of aliphatic carboxylic acids is 1. The van der Waals surface area contributed by atoms with E-state index < -0.39 is 22.2 Å². The first-order valence-corrected chi connectivity index (χ1v) is 11.2. The van der Waals surface area contributed by atoms with Crippen LogP contribution in [0.15, 0.2) is 12.4 Å². The monoisotopic (exact) mass is 440 g/mol. The van der Waals surface area contributed by atoms with Crippen molar-refractivity contribution in [1.82, 2.24) is 19.0 Å². The molecule has 1 spiro atoms. The van der Waals surface area contributed by atoms with Crippen molar-refractivity contribution in [3.8, 4) is 0 Å². The lowest BCUT2D eigenvalue weighted by Crippen LogP contribution is -2.61. The number of likely N-dealkylation sites (tertiary alicyclic amines) is 1. The summed E-state index contributed by atoms with van der Waals surface area (Å²) in [5, 5.41) is 11.3. The summed E-state index contributed by atoms with van der Waals surface area (Å²) in [6.07, 6.45) is 5.37. The highest BCUT2D eigenvalue weighted by molar-refractivity contribution is 7.88. The zero-order chi connectivity index (χ0) is 21.9. The number of rotatable bonds is 3. The maximum atomic E-state index is 12.2. The van der Waals surface area contributed by atoms with Gasteiger partial charge in [-0.25, -0.2) is 13.2 Å². The number of sulfonamides is 1. The summed E-state index contributed by atoms with van der Waals surface area (Å²) in [7, 11) is -1.21. The molecule has 166 valence electrons. The Morgan fingerprint density at radius 2 is 1.86 bits per heavy atom. The number of carbonyl (C=O) groups is 1. The fourth-order valence-corrected chi connectivity index (χ4v) is 5.55. The predicted molar refractivity (Wildman–Crippen MR) is 99.5 cm³/mol. The third kappa shape index (κ3) is 6.41. The summed E-state index contributed by atoms with van der Waals surface area (Å²) in [5.41, 5.74) is 1.01. The number of piperidine rings is 2. The quantitative estimate of drug-likeness (QED) is 0.771. The molecular weight excluding hydrogens is 413 g/mol. The first kappa shape index (κ1) is 23.6. The molecule has 1 aromatic rings. The van der Waals surface area contributed by atoms with Crippen LogP contribution in [0.5, 0.6) is 0 Å². The number of halogens is 3. The van der Waals surface area contributed by atoms with Gasteiger partial charge in [0.05, 0.1) is 12.5 Å². The van der Waals surface area contributed by atoms with Gasteiger partial charge in [0.25, 0.3) is 0 Å². The molecule has 12 heteroatoms. The SMILES string of the molecule is Cn1cc(CN2CCCC3(CCCCN3S(C)(=O)=O)C2)cn1.O=C(O)C(F)(F)F. The summed E-state index contributed by atoms with van der Waals surface area (Å²) in [5.74, 6) is -2.76. The number of carboxylic acids is 1. The van der Waals surface area contributed by atoms with Gasteiger partial charge in [-0.2, -0.15) is 22.6 Å². The van der Waals surface area contributed by atoms with Gasteiger partial charge in [-0.1, -0.05) is 6.42 Å². The molecule has 0 amide bonds. The van der Waals surface area contributed by atoms with Crippen LogP contribution >= 0.6 is 0 Å². The normalized spacial score (nSPS) is 24.2. The molecule has 0 bridgehead atoms. The van der Waals surface area contributed by atoms with Crippen molar-refractivity contribution in [3.63, 3.8) is 0 Å². The number of nitrogens with zero attached hydrogens (tertiary/aromatic N) is 4. The van der Waals surface area contributed by atoms with Crippen LogP contribution in [0.4, 0.5) is 13.2 Å². The molecule has 8 nitrogen and oxygen atoms in total. The van der Waals surface area contributed by atoms with Crippen LogP contribution < -0.4 is 0 Å². The molecule has 2 aliphatic heterocycles. The molecule has 0 aliphatic carbocycles. The van der Waals surface area contributed by atoms with Gasteiger partial charge in [-0.05, 0) is 32.2 Å². The molecule has 0 radical (unpaired) electrons. The molecular formula is C17H27F3N4O4S. The molecule has 3 heterocycles. The number of hydrogen-bond donors (Lipinski definition) is 1. The number of alkyl halides is 3. The van der Waals surface area contributed by atoms with E-state index in [0.717, 1.165) is 51.7 Å². The van der Waals surface area contributed by atoms with Crippen molar-refractivity contribution in [1.29, 1.82) is 0 Å². The zero-order valence-electron chi connectivity index (χ0n) is 16.5. The highest BCUT2D eigenvalue weighted by Crippen LogP contribution is 2.38. The van der Waals surface area contributed by atoms with Gasteiger partial charge in [-0.3, -0.25) is 9.58 Å². The van der Waals surface area contributed by atoms with Crippen molar-refractivity contribution in [2.24, 2.45) is 7.05 Å². The zero-order valence-corrected chi connectivity index (χ0v) is 17.3. The minimum atomic E-state index is -5.08. The molecule has 1 unspecified atom stereocenters. The van der Waals surface area contributed by atoms with Gasteiger partial charge < -0.3 is 5.11 Å². The fraction of sp³-hybridized carbons (Fsp3) is 0.765. The minimum absolute atomic E-state index is 0.188. The molecule has 2 aliphatic rings. The fourth-order valence-electron chi connectivity index (χ4n) is 4.15. The number of aromatic nitrogens is 2. The third-order valence-electron chi connectivity index (χ3n) is 5.22. The smallest absolute Gasteiger partial charge is 0.475 e. The van der Waals surface area contributed by atoms with Gasteiger partial charge in [0, 0.05) is 44.0 Å². The third-order valence-corrected chi connectivity index (χ3v) is 6.59. The maximum Gasteiger partial charge on any atom is 0.490 e. The van der Waals surface area contributed by atoms with Crippen LogP contribution in [0.3, 0.4) is 0 Å². The second kappa shape index (κ2) is 9.00. The Morgan fingerprint density at radius 1 is 1.24 bits per heavy atom. The predicted octanol–water partition coefficient (Wildman–Crippen LogP) is 1.83.